The molecule has 25 heavy (non-hydrogen) atoms. The molecule has 0 spiro atoms. The molecule has 0 aliphatic carbocycles. The molecule has 0 radical (unpaired) electrons. The minimum Gasteiger partial charge on any atom is -0.497 e. The lowest BCUT2D eigenvalue weighted by molar-refractivity contribution is 0.174. The average molecular weight is 337 g/mol. The number of nitrogens with zero attached hydrogens (tertiary/aromatic N) is 1. The summed E-state index contributed by atoms with van der Waals surface area (Å²) in [6, 6.07) is 14.2. The van der Waals surface area contributed by atoms with Crippen LogP contribution in [0.15, 0.2) is 53.3 Å². The molecular formula is C18H15N3O4. The standard InChI is InChI=1S/C18H15N3O4/c1-23-13-5-2-11(3-6-13)14-9-17(22)21-18(20-14)19-12-4-7-15-16(8-12)25-10-24-15/h2-9H,10H2,1H3,(H2,19,20,21,22). The average Bonchev–Trinajstić information content (AvgIpc) is 3.09. The molecule has 1 aromatic heterocycles. The Morgan fingerprint density at radius 1 is 1.08 bits per heavy atom. The van der Waals surface area contributed by atoms with Crippen molar-refractivity contribution in [3.8, 4) is 28.5 Å². The summed E-state index contributed by atoms with van der Waals surface area (Å²) in [5, 5.41) is 3.08. The van der Waals surface area contributed by atoms with E-state index in [1.165, 1.54) is 6.07 Å². The van der Waals surface area contributed by atoms with E-state index in [0.717, 1.165) is 17.0 Å². The molecule has 2 aromatic carbocycles. The molecule has 126 valence electrons. The number of H-pyrrole nitrogens is 1. The van der Waals surface area contributed by atoms with Gasteiger partial charge in [0.05, 0.1) is 12.8 Å². The molecular weight excluding hydrogens is 322 g/mol. The molecule has 0 saturated carbocycles. The lowest BCUT2D eigenvalue weighted by Gasteiger charge is -2.08. The highest BCUT2D eigenvalue weighted by Crippen LogP contribution is 2.34. The number of benzene rings is 2. The molecule has 0 unspecified atom stereocenters. The summed E-state index contributed by atoms with van der Waals surface area (Å²) in [4.78, 5) is 19.1. The second-order valence-corrected chi connectivity index (χ2v) is 5.40. The second kappa shape index (κ2) is 6.20. The van der Waals surface area contributed by atoms with Crippen LogP contribution in [0, 0.1) is 0 Å². The van der Waals surface area contributed by atoms with Gasteiger partial charge in [0.15, 0.2) is 11.5 Å². The van der Waals surface area contributed by atoms with Crippen LogP contribution in [0.5, 0.6) is 17.2 Å². The highest BCUT2D eigenvalue weighted by atomic mass is 16.7. The van der Waals surface area contributed by atoms with Crippen LogP contribution in [0.4, 0.5) is 11.6 Å². The summed E-state index contributed by atoms with van der Waals surface area (Å²) < 4.78 is 15.8. The van der Waals surface area contributed by atoms with Gasteiger partial charge in [-0.15, -0.1) is 0 Å². The van der Waals surface area contributed by atoms with Crippen molar-refractivity contribution in [3.63, 3.8) is 0 Å². The van der Waals surface area contributed by atoms with Crippen molar-refractivity contribution in [2.45, 2.75) is 0 Å². The predicted molar refractivity (Wildman–Crippen MR) is 92.7 cm³/mol. The zero-order chi connectivity index (χ0) is 17.2. The topological polar surface area (TPSA) is 85.5 Å². The van der Waals surface area contributed by atoms with E-state index in [9.17, 15) is 4.79 Å². The molecule has 0 amide bonds. The van der Waals surface area contributed by atoms with E-state index in [-0.39, 0.29) is 12.4 Å². The molecule has 1 aliphatic rings. The van der Waals surface area contributed by atoms with Crippen LogP contribution in [-0.2, 0) is 0 Å². The maximum absolute atomic E-state index is 12.0. The molecule has 0 saturated heterocycles. The van der Waals surface area contributed by atoms with Crippen molar-refractivity contribution in [2.75, 3.05) is 19.2 Å². The van der Waals surface area contributed by atoms with Crippen LogP contribution < -0.4 is 25.1 Å². The number of hydrogen-bond acceptors (Lipinski definition) is 6. The van der Waals surface area contributed by atoms with Crippen LogP contribution in [0.25, 0.3) is 11.3 Å². The number of methoxy groups -OCH3 is 1. The van der Waals surface area contributed by atoms with E-state index in [1.807, 2.05) is 30.3 Å². The van der Waals surface area contributed by atoms with Gasteiger partial charge in [-0.3, -0.25) is 9.78 Å². The lowest BCUT2D eigenvalue weighted by atomic mass is 10.1. The van der Waals surface area contributed by atoms with Crippen LogP contribution in [0.1, 0.15) is 0 Å². The van der Waals surface area contributed by atoms with Gasteiger partial charge in [-0.05, 0) is 36.4 Å². The Morgan fingerprint density at radius 2 is 1.88 bits per heavy atom. The van der Waals surface area contributed by atoms with Crippen molar-refractivity contribution in [2.24, 2.45) is 0 Å². The Kier molecular flexibility index (Phi) is 3.74. The monoisotopic (exact) mass is 337 g/mol. The summed E-state index contributed by atoms with van der Waals surface area (Å²) in [5.41, 5.74) is 1.87. The molecule has 4 rings (SSSR count). The fourth-order valence-electron chi connectivity index (χ4n) is 2.54. The number of aromatic nitrogens is 2. The van der Waals surface area contributed by atoms with Gasteiger partial charge in [0.1, 0.15) is 5.75 Å². The van der Waals surface area contributed by atoms with Gasteiger partial charge in [0.2, 0.25) is 12.7 Å². The van der Waals surface area contributed by atoms with E-state index in [2.05, 4.69) is 15.3 Å². The quantitative estimate of drug-likeness (QED) is 0.761. The number of fused-ring (bicyclic) bond motifs is 1. The fourth-order valence-corrected chi connectivity index (χ4v) is 2.54. The smallest absolute Gasteiger partial charge is 0.252 e. The Bertz CT molecular complexity index is 967. The molecule has 2 N–H and O–H groups in total. The first-order chi connectivity index (χ1) is 12.2. The van der Waals surface area contributed by atoms with Crippen molar-refractivity contribution >= 4 is 11.6 Å². The number of ether oxygens (including phenoxy) is 3. The van der Waals surface area contributed by atoms with E-state index < -0.39 is 0 Å². The minimum atomic E-state index is -0.246. The molecule has 3 aromatic rings. The van der Waals surface area contributed by atoms with E-state index in [4.69, 9.17) is 14.2 Å². The highest BCUT2D eigenvalue weighted by Gasteiger charge is 2.13. The number of anilines is 2. The van der Waals surface area contributed by atoms with Gasteiger partial charge in [-0.1, -0.05) is 0 Å². The van der Waals surface area contributed by atoms with E-state index in [1.54, 1.807) is 19.2 Å². The second-order valence-electron chi connectivity index (χ2n) is 5.40. The molecule has 0 atom stereocenters. The Hall–Kier alpha value is -3.48. The molecule has 1 aliphatic heterocycles. The summed E-state index contributed by atoms with van der Waals surface area (Å²) in [5.74, 6) is 2.43. The Balaban J connectivity index is 1.64. The predicted octanol–water partition coefficient (Wildman–Crippen LogP) is 2.92. The number of hydrogen-bond donors (Lipinski definition) is 2. The zero-order valence-electron chi connectivity index (χ0n) is 13.4. The summed E-state index contributed by atoms with van der Waals surface area (Å²) in [7, 11) is 1.61. The third kappa shape index (κ3) is 3.12. The Morgan fingerprint density at radius 3 is 2.68 bits per heavy atom. The van der Waals surface area contributed by atoms with Crippen LogP contribution in [-0.4, -0.2) is 23.9 Å². The van der Waals surface area contributed by atoms with Crippen molar-refractivity contribution in [3.05, 3.63) is 58.9 Å². The maximum atomic E-state index is 12.0. The number of rotatable bonds is 4. The van der Waals surface area contributed by atoms with Gasteiger partial charge in [-0.25, -0.2) is 4.98 Å². The van der Waals surface area contributed by atoms with Gasteiger partial charge in [0, 0.05) is 23.4 Å². The number of nitrogens with one attached hydrogen (secondary N) is 2. The molecule has 2 heterocycles. The summed E-state index contributed by atoms with van der Waals surface area (Å²) >= 11 is 0. The maximum Gasteiger partial charge on any atom is 0.252 e. The first kappa shape index (κ1) is 15.1. The Labute approximate surface area is 143 Å². The zero-order valence-corrected chi connectivity index (χ0v) is 13.4. The normalized spacial score (nSPS) is 12.0. The van der Waals surface area contributed by atoms with Gasteiger partial charge < -0.3 is 19.5 Å². The summed E-state index contributed by atoms with van der Waals surface area (Å²) in [6.07, 6.45) is 0. The third-order valence-electron chi connectivity index (χ3n) is 3.76. The summed E-state index contributed by atoms with van der Waals surface area (Å²) in [6.45, 7) is 0.209. The number of aromatic amines is 1. The largest absolute Gasteiger partial charge is 0.497 e. The highest BCUT2D eigenvalue weighted by molar-refractivity contribution is 5.64. The van der Waals surface area contributed by atoms with Crippen molar-refractivity contribution in [1.82, 2.24) is 9.97 Å². The SMILES string of the molecule is COc1ccc(-c2cc(=O)[nH]c(Nc3ccc4c(c3)OCO4)n2)cc1. The first-order valence-electron chi connectivity index (χ1n) is 7.64. The van der Waals surface area contributed by atoms with Crippen LogP contribution in [0.3, 0.4) is 0 Å². The van der Waals surface area contributed by atoms with Gasteiger partial charge >= 0.3 is 0 Å². The molecule has 0 bridgehead atoms. The van der Waals surface area contributed by atoms with Gasteiger partial charge in [-0.2, -0.15) is 0 Å². The van der Waals surface area contributed by atoms with E-state index >= 15 is 0 Å². The lowest BCUT2D eigenvalue weighted by Crippen LogP contribution is -2.10. The van der Waals surface area contributed by atoms with Crippen LogP contribution >= 0.6 is 0 Å². The van der Waals surface area contributed by atoms with E-state index in [0.29, 0.717) is 23.1 Å². The van der Waals surface area contributed by atoms with Gasteiger partial charge in [0.25, 0.3) is 5.56 Å². The first-order valence-corrected chi connectivity index (χ1v) is 7.64. The fraction of sp³-hybridized carbons (Fsp3) is 0.111. The molecule has 7 heteroatoms. The van der Waals surface area contributed by atoms with Crippen molar-refractivity contribution in [1.29, 1.82) is 0 Å². The molecule has 0 fully saturated rings. The molecule has 7 nitrogen and oxygen atoms in total. The third-order valence-corrected chi connectivity index (χ3v) is 3.76. The minimum absolute atomic E-state index is 0.209. The van der Waals surface area contributed by atoms with Crippen LogP contribution in [0.2, 0.25) is 0 Å². The van der Waals surface area contributed by atoms with Crippen molar-refractivity contribution < 1.29 is 14.2 Å².